The van der Waals surface area contributed by atoms with E-state index in [2.05, 4.69) is 29.0 Å². The minimum Gasteiger partial charge on any atom is -0.462 e. The maximum Gasteiger partial charge on any atom is 0.472 e. The normalized spacial score (nSPS) is 14.2. The SMILES string of the molecule is CCCCC/C=C\C=C\C(=O)CCCCCCCC(=O)OC[C@H](COP(=O)(O)OC[C@@H](O)COP(=O)(O)O)OC(=O)CCCCCCCCCCCCCCCCC. The second-order valence-electron chi connectivity index (χ2n) is 15.0. The lowest BCUT2D eigenvalue weighted by Gasteiger charge is -2.20. The molecule has 0 radical (unpaired) electrons. The van der Waals surface area contributed by atoms with E-state index in [1.54, 1.807) is 12.2 Å². The van der Waals surface area contributed by atoms with E-state index in [9.17, 15) is 33.5 Å². The second kappa shape index (κ2) is 38.2. The molecule has 0 aromatic rings. The summed E-state index contributed by atoms with van der Waals surface area (Å²) in [4.78, 5) is 64.7. The molecule has 1 unspecified atom stereocenters. The van der Waals surface area contributed by atoms with E-state index >= 15 is 0 Å². The summed E-state index contributed by atoms with van der Waals surface area (Å²) in [6.45, 7) is 1.59. The highest BCUT2D eigenvalue weighted by atomic mass is 31.2. The molecule has 14 nitrogen and oxygen atoms in total. The van der Waals surface area contributed by atoms with Crippen LogP contribution in [-0.2, 0) is 46.6 Å². The van der Waals surface area contributed by atoms with Crippen molar-refractivity contribution in [3.05, 3.63) is 24.3 Å². The molecule has 4 N–H and O–H groups in total. The summed E-state index contributed by atoms with van der Waals surface area (Å²) in [6, 6.07) is 0. The molecule has 3 atom stereocenters. The smallest absolute Gasteiger partial charge is 0.462 e. The Bertz CT molecular complexity index is 1190. The lowest BCUT2D eigenvalue weighted by Crippen LogP contribution is -2.30. The Labute approximate surface area is 349 Å². The molecule has 0 aromatic carbocycles. The van der Waals surface area contributed by atoms with E-state index in [1.807, 2.05) is 6.08 Å². The van der Waals surface area contributed by atoms with Crippen LogP contribution >= 0.6 is 15.6 Å². The zero-order chi connectivity index (χ0) is 43.2. The van der Waals surface area contributed by atoms with Crippen LogP contribution in [0.15, 0.2) is 24.3 Å². The molecule has 58 heavy (non-hydrogen) atoms. The Morgan fingerprint density at radius 3 is 1.52 bits per heavy atom. The molecule has 0 spiro atoms. The number of hydrogen-bond donors (Lipinski definition) is 4. The van der Waals surface area contributed by atoms with Crippen molar-refractivity contribution in [3.8, 4) is 0 Å². The van der Waals surface area contributed by atoms with Crippen molar-refractivity contribution in [1.82, 2.24) is 0 Å². The van der Waals surface area contributed by atoms with Gasteiger partial charge in [0.2, 0.25) is 0 Å². The summed E-state index contributed by atoms with van der Waals surface area (Å²) in [5.74, 6) is -1.03. The van der Waals surface area contributed by atoms with Crippen LogP contribution in [-0.4, -0.2) is 76.1 Å². The number of carbonyl (C=O) groups excluding carboxylic acids is 3. The van der Waals surface area contributed by atoms with Gasteiger partial charge in [0.15, 0.2) is 11.9 Å². The molecule has 0 bridgehead atoms. The van der Waals surface area contributed by atoms with Gasteiger partial charge >= 0.3 is 27.6 Å². The predicted molar refractivity (Wildman–Crippen MR) is 226 cm³/mol. The Kier molecular flexibility index (Phi) is 37.1. The van der Waals surface area contributed by atoms with Crippen molar-refractivity contribution >= 4 is 33.4 Å². The summed E-state index contributed by atoms with van der Waals surface area (Å²) in [5.41, 5.74) is 0. The summed E-state index contributed by atoms with van der Waals surface area (Å²) in [7, 11) is -9.70. The number of hydrogen-bond acceptors (Lipinski definition) is 11. The van der Waals surface area contributed by atoms with E-state index in [0.29, 0.717) is 19.3 Å². The monoisotopic (exact) mass is 868 g/mol. The van der Waals surface area contributed by atoms with Crippen molar-refractivity contribution in [2.75, 3.05) is 26.4 Å². The first-order valence-corrected chi connectivity index (χ1v) is 25.0. The van der Waals surface area contributed by atoms with Gasteiger partial charge < -0.3 is 29.3 Å². The third-order valence-corrected chi connectivity index (χ3v) is 10.7. The van der Waals surface area contributed by atoms with Crippen LogP contribution in [0.4, 0.5) is 0 Å². The van der Waals surface area contributed by atoms with Crippen LogP contribution in [0.3, 0.4) is 0 Å². The first kappa shape index (κ1) is 56.3. The Hall–Kier alpha value is -1.73. The highest BCUT2D eigenvalue weighted by Crippen LogP contribution is 2.43. The predicted octanol–water partition coefficient (Wildman–Crippen LogP) is 10.3. The average Bonchev–Trinajstić information content (AvgIpc) is 3.17. The van der Waals surface area contributed by atoms with Crippen LogP contribution in [0.2, 0.25) is 0 Å². The number of aliphatic hydroxyl groups is 1. The number of unbranched alkanes of at least 4 members (excludes halogenated alkanes) is 21. The molecule has 0 saturated heterocycles. The van der Waals surface area contributed by atoms with Gasteiger partial charge in [-0.2, -0.15) is 0 Å². The molecule has 0 rings (SSSR count). The maximum absolute atomic E-state index is 12.7. The van der Waals surface area contributed by atoms with Gasteiger partial charge in [-0.15, -0.1) is 0 Å². The Morgan fingerprint density at radius 1 is 0.534 bits per heavy atom. The zero-order valence-corrected chi connectivity index (χ0v) is 37.4. The molecule has 0 aromatic heterocycles. The number of aliphatic hydroxyl groups excluding tert-OH is 1. The van der Waals surface area contributed by atoms with Gasteiger partial charge in [0.1, 0.15) is 12.7 Å². The van der Waals surface area contributed by atoms with Crippen molar-refractivity contribution in [3.63, 3.8) is 0 Å². The molecule has 0 aliphatic rings. The summed E-state index contributed by atoms with van der Waals surface area (Å²) in [6.07, 6.45) is 31.3. The lowest BCUT2D eigenvalue weighted by atomic mass is 10.0. The summed E-state index contributed by atoms with van der Waals surface area (Å²) >= 11 is 0. The Morgan fingerprint density at radius 2 is 0.983 bits per heavy atom. The van der Waals surface area contributed by atoms with Crippen molar-refractivity contribution in [2.24, 2.45) is 0 Å². The molecular formula is C42H78O14P2. The van der Waals surface area contributed by atoms with Gasteiger partial charge in [-0.25, -0.2) is 9.13 Å². The lowest BCUT2D eigenvalue weighted by molar-refractivity contribution is -0.161. The number of phosphoric acid groups is 2. The van der Waals surface area contributed by atoms with Crippen molar-refractivity contribution in [2.45, 2.75) is 199 Å². The van der Waals surface area contributed by atoms with Crippen LogP contribution < -0.4 is 0 Å². The number of allylic oxidation sites excluding steroid dienone is 4. The van der Waals surface area contributed by atoms with Gasteiger partial charge in [0.05, 0.1) is 19.8 Å². The van der Waals surface area contributed by atoms with Crippen LogP contribution in [0, 0.1) is 0 Å². The summed E-state index contributed by atoms with van der Waals surface area (Å²) in [5, 5.41) is 9.74. The standard InChI is InChI=1S/C42H78O14P2/c1-3-5-7-9-11-12-13-14-15-16-17-18-20-24-29-33-42(46)56-40(37-55-58(50,51)54-35-39(44)34-53-57(47,48)49)36-52-41(45)32-28-25-21-23-27-31-38(43)30-26-22-19-10-8-6-4-2/h19,22,26,30,39-40,44H,3-18,20-21,23-25,27-29,31-37H2,1-2H3,(H,50,51)(H2,47,48,49)/b22-19-,30-26+/t39-,40+/m0/s1. The minimum atomic E-state index is -4.87. The fourth-order valence-corrected chi connectivity index (χ4v) is 7.07. The number of ketones is 1. The van der Waals surface area contributed by atoms with Crippen molar-refractivity contribution < 1.29 is 66.3 Å². The van der Waals surface area contributed by atoms with Crippen LogP contribution in [0.1, 0.15) is 187 Å². The highest BCUT2D eigenvalue weighted by molar-refractivity contribution is 7.47. The number of rotatable bonds is 42. The molecule has 0 saturated carbocycles. The quantitative estimate of drug-likeness (QED) is 0.0148. The van der Waals surface area contributed by atoms with E-state index in [4.69, 9.17) is 23.8 Å². The molecule has 340 valence electrons. The number of carbonyl (C=O) groups is 3. The number of phosphoric ester groups is 2. The first-order chi connectivity index (χ1) is 27.8. The largest absolute Gasteiger partial charge is 0.472 e. The molecule has 16 heteroatoms. The van der Waals surface area contributed by atoms with E-state index in [1.165, 1.54) is 83.5 Å². The Balaban J connectivity index is 4.57. The molecule has 0 fully saturated rings. The number of esters is 2. The van der Waals surface area contributed by atoms with E-state index in [-0.39, 0.29) is 18.6 Å². The topological polar surface area (TPSA) is 212 Å². The van der Waals surface area contributed by atoms with E-state index < -0.39 is 66.2 Å². The molecule has 0 aliphatic heterocycles. The first-order valence-electron chi connectivity index (χ1n) is 22.0. The number of ether oxygens (including phenoxy) is 2. The third kappa shape index (κ3) is 41.0. The van der Waals surface area contributed by atoms with Gasteiger partial charge in [0, 0.05) is 19.3 Å². The van der Waals surface area contributed by atoms with Crippen LogP contribution in [0.5, 0.6) is 0 Å². The van der Waals surface area contributed by atoms with E-state index in [0.717, 1.165) is 57.8 Å². The molecule has 0 aliphatic carbocycles. The molecule has 0 heterocycles. The summed E-state index contributed by atoms with van der Waals surface area (Å²) < 4.78 is 47.7. The van der Waals surface area contributed by atoms with Gasteiger partial charge in [0.25, 0.3) is 0 Å². The minimum absolute atomic E-state index is 0.0883. The molecule has 0 amide bonds. The molecular weight excluding hydrogens is 790 g/mol. The highest BCUT2D eigenvalue weighted by Gasteiger charge is 2.28. The van der Waals surface area contributed by atoms with Gasteiger partial charge in [-0.05, 0) is 38.2 Å². The van der Waals surface area contributed by atoms with Crippen LogP contribution in [0.25, 0.3) is 0 Å². The van der Waals surface area contributed by atoms with Gasteiger partial charge in [-0.1, -0.05) is 154 Å². The van der Waals surface area contributed by atoms with Gasteiger partial charge in [-0.3, -0.25) is 28.0 Å². The van der Waals surface area contributed by atoms with Crippen molar-refractivity contribution in [1.29, 1.82) is 0 Å². The average molecular weight is 869 g/mol. The third-order valence-electron chi connectivity index (χ3n) is 9.31. The zero-order valence-electron chi connectivity index (χ0n) is 35.7. The maximum atomic E-state index is 12.7. The fraction of sp³-hybridized carbons (Fsp3) is 0.833. The second-order valence-corrected chi connectivity index (χ2v) is 17.7. The fourth-order valence-electron chi connectivity index (χ4n) is 5.92.